The minimum atomic E-state index is -0.251. The topological polar surface area (TPSA) is 20.2 Å². The molecule has 0 amide bonds. The summed E-state index contributed by atoms with van der Waals surface area (Å²) in [6.45, 7) is 4.54. The summed E-state index contributed by atoms with van der Waals surface area (Å²) < 4.78 is 1.00. The standard InChI is InChI=1S/C10H15BrO/c1-10(2)6-3-4-8(11)9(12)7(10)5-6/h4,6-7,9,12H,3,5H2,1-2H3/t6?,7?,9-/m0/s1. The van der Waals surface area contributed by atoms with E-state index in [1.54, 1.807) is 0 Å². The number of allylic oxidation sites excluding steroid dienone is 1. The maximum atomic E-state index is 9.88. The molecule has 1 N–H and O–H groups in total. The van der Waals surface area contributed by atoms with E-state index in [0.29, 0.717) is 11.3 Å². The zero-order chi connectivity index (χ0) is 8.93. The van der Waals surface area contributed by atoms with Gasteiger partial charge in [0.15, 0.2) is 0 Å². The molecule has 0 aromatic rings. The van der Waals surface area contributed by atoms with E-state index in [2.05, 4.69) is 35.9 Å². The first-order chi connectivity index (χ1) is 5.53. The van der Waals surface area contributed by atoms with Crippen molar-refractivity contribution < 1.29 is 5.11 Å². The summed E-state index contributed by atoms with van der Waals surface area (Å²) in [7, 11) is 0. The third-order valence-electron chi connectivity index (χ3n) is 3.81. The van der Waals surface area contributed by atoms with Gasteiger partial charge in [-0.2, -0.15) is 0 Å². The van der Waals surface area contributed by atoms with Crippen LogP contribution in [0.4, 0.5) is 0 Å². The van der Waals surface area contributed by atoms with Gasteiger partial charge >= 0.3 is 0 Å². The number of fused-ring (bicyclic) bond motifs is 2. The van der Waals surface area contributed by atoms with Crippen LogP contribution in [0, 0.1) is 17.3 Å². The molecular formula is C10H15BrO. The van der Waals surface area contributed by atoms with Gasteiger partial charge in [0.25, 0.3) is 0 Å². The summed E-state index contributed by atoms with van der Waals surface area (Å²) in [5, 5.41) is 9.88. The SMILES string of the molecule is CC1(C)C2CC=C(Br)[C@@H](O)C1C2. The zero-order valence-electron chi connectivity index (χ0n) is 7.55. The number of halogens is 1. The number of aliphatic hydroxyl groups is 1. The van der Waals surface area contributed by atoms with E-state index in [0.717, 1.165) is 16.8 Å². The highest BCUT2D eigenvalue weighted by Crippen LogP contribution is 2.57. The fourth-order valence-corrected chi connectivity index (χ4v) is 3.07. The van der Waals surface area contributed by atoms with Gasteiger partial charge in [0.05, 0.1) is 6.10 Å². The summed E-state index contributed by atoms with van der Waals surface area (Å²) >= 11 is 3.43. The van der Waals surface area contributed by atoms with Crippen LogP contribution in [-0.2, 0) is 0 Å². The van der Waals surface area contributed by atoms with E-state index in [9.17, 15) is 5.11 Å². The summed E-state index contributed by atoms with van der Waals surface area (Å²) in [6.07, 6.45) is 4.21. The van der Waals surface area contributed by atoms with Crippen LogP contribution in [0.3, 0.4) is 0 Å². The Bertz CT molecular complexity index is 232. The lowest BCUT2D eigenvalue weighted by Gasteiger charge is -2.52. The number of hydrogen-bond donors (Lipinski definition) is 1. The van der Waals surface area contributed by atoms with Crippen molar-refractivity contribution in [2.75, 3.05) is 0 Å². The average molecular weight is 231 g/mol. The minimum absolute atomic E-state index is 0.251. The smallest absolute Gasteiger partial charge is 0.0884 e. The third kappa shape index (κ3) is 1.01. The van der Waals surface area contributed by atoms with Crippen LogP contribution in [0.5, 0.6) is 0 Å². The van der Waals surface area contributed by atoms with Gasteiger partial charge in [-0.1, -0.05) is 35.9 Å². The molecule has 1 saturated carbocycles. The molecule has 0 spiro atoms. The summed E-state index contributed by atoms with van der Waals surface area (Å²) in [4.78, 5) is 0. The van der Waals surface area contributed by atoms with E-state index in [-0.39, 0.29) is 6.10 Å². The van der Waals surface area contributed by atoms with Gasteiger partial charge in [0.2, 0.25) is 0 Å². The molecule has 0 aromatic heterocycles. The zero-order valence-corrected chi connectivity index (χ0v) is 9.13. The van der Waals surface area contributed by atoms with Gasteiger partial charge < -0.3 is 5.11 Å². The fourth-order valence-electron chi connectivity index (χ4n) is 2.56. The lowest BCUT2D eigenvalue weighted by molar-refractivity contribution is -0.0708. The maximum absolute atomic E-state index is 9.88. The van der Waals surface area contributed by atoms with Gasteiger partial charge in [-0.25, -0.2) is 0 Å². The van der Waals surface area contributed by atoms with Crippen molar-refractivity contribution in [2.24, 2.45) is 17.3 Å². The van der Waals surface area contributed by atoms with Crippen molar-refractivity contribution in [3.63, 3.8) is 0 Å². The average Bonchev–Trinajstić information content (AvgIpc) is 2.18. The monoisotopic (exact) mass is 230 g/mol. The highest BCUT2D eigenvalue weighted by molar-refractivity contribution is 9.11. The Kier molecular flexibility index (Phi) is 1.89. The number of aliphatic hydroxyl groups excluding tert-OH is 1. The lowest BCUT2D eigenvalue weighted by atomic mass is 9.53. The van der Waals surface area contributed by atoms with Crippen molar-refractivity contribution in [3.05, 3.63) is 10.6 Å². The Morgan fingerprint density at radius 3 is 2.83 bits per heavy atom. The predicted molar refractivity (Wildman–Crippen MR) is 53.0 cm³/mol. The van der Waals surface area contributed by atoms with Crippen LogP contribution in [0.25, 0.3) is 0 Å². The van der Waals surface area contributed by atoms with Gasteiger partial charge in [-0.3, -0.25) is 0 Å². The van der Waals surface area contributed by atoms with Gasteiger partial charge in [0.1, 0.15) is 0 Å². The first-order valence-electron chi connectivity index (χ1n) is 4.57. The number of rotatable bonds is 0. The van der Waals surface area contributed by atoms with E-state index in [4.69, 9.17) is 0 Å². The summed E-state index contributed by atoms with van der Waals surface area (Å²) in [5.41, 5.74) is 0.339. The molecule has 2 unspecified atom stereocenters. The van der Waals surface area contributed by atoms with Crippen LogP contribution in [0.15, 0.2) is 10.6 Å². The largest absolute Gasteiger partial charge is 0.388 e. The second-order valence-corrected chi connectivity index (χ2v) is 5.55. The Balaban J connectivity index is 2.26. The van der Waals surface area contributed by atoms with Crippen molar-refractivity contribution >= 4 is 15.9 Å². The molecule has 12 heavy (non-hydrogen) atoms. The highest BCUT2D eigenvalue weighted by atomic mass is 79.9. The molecule has 3 rings (SSSR count). The highest BCUT2D eigenvalue weighted by Gasteiger charge is 2.52. The first-order valence-corrected chi connectivity index (χ1v) is 5.36. The van der Waals surface area contributed by atoms with E-state index < -0.39 is 0 Å². The van der Waals surface area contributed by atoms with Crippen molar-refractivity contribution in [2.45, 2.75) is 32.8 Å². The lowest BCUT2D eigenvalue weighted by Crippen LogP contribution is -2.48. The molecule has 1 nitrogen and oxygen atoms in total. The normalized spacial score (nSPS) is 44.3. The molecule has 0 aromatic carbocycles. The Morgan fingerprint density at radius 1 is 1.58 bits per heavy atom. The molecule has 0 saturated heterocycles. The van der Waals surface area contributed by atoms with Crippen molar-refractivity contribution in [3.8, 4) is 0 Å². The second kappa shape index (κ2) is 2.58. The molecule has 0 aliphatic heterocycles. The molecule has 3 aliphatic carbocycles. The Morgan fingerprint density at radius 2 is 2.25 bits per heavy atom. The Labute approximate surface area is 82.0 Å². The third-order valence-corrected chi connectivity index (χ3v) is 4.60. The quantitative estimate of drug-likeness (QED) is 0.679. The van der Waals surface area contributed by atoms with Crippen LogP contribution < -0.4 is 0 Å². The van der Waals surface area contributed by atoms with E-state index in [1.165, 1.54) is 6.42 Å². The van der Waals surface area contributed by atoms with Gasteiger partial charge in [0, 0.05) is 4.48 Å². The van der Waals surface area contributed by atoms with Crippen LogP contribution in [0.2, 0.25) is 0 Å². The van der Waals surface area contributed by atoms with E-state index >= 15 is 0 Å². The number of hydrogen-bond acceptors (Lipinski definition) is 1. The predicted octanol–water partition coefficient (Wildman–Crippen LogP) is 2.69. The molecule has 3 atom stereocenters. The summed E-state index contributed by atoms with van der Waals surface area (Å²) in [6, 6.07) is 0. The fraction of sp³-hybridized carbons (Fsp3) is 0.800. The van der Waals surface area contributed by atoms with Crippen LogP contribution >= 0.6 is 15.9 Å². The molecular weight excluding hydrogens is 216 g/mol. The molecule has 2 bridgehead atoms. The van der Waals surface area contributed by atoms with Crippen molar-refractivity contribution in [1.82, 2.24) is 0 Å². The maximum Gasteiger partial charge on any atom is 0.0884 e. The minimum Gasteiger partial charge on any atom is -0.388 e. The molecule has 1 fully saturated rings. The molecule has 0 radical (unpaired) electrons. The first kappa shape index (κ1) is 8.76. The van der Waals surface area contributed by atoms with E-state index in [1.807, 2.05) is 0 Å². The molecule has 3 aliphatic rings. The van der Waals surface area contributed by atoms with Gasteiger partial charge in [-0.15, -0.1) is 0 Å². The van der Waals surface area contributed by atoms with Crippen LogP contribution in [-0.4, -0.2) is 11.2 Å². The Hall–Kier alpha value is 0.180. The van der Waals surface area contributed by atoms with Crippen LogP contribution in [0.1, 0.15) is 26.7 Å². The molecule has 0 heterocycles. The molecule has 68 valence electrons. The molecule has 2 heteroatoms. The van der Waals surface area contributed by atoms with Gasteiger partial charge in [-0.05, 0) is 30.1 Å². The second-order valence-electron chi connectivity index (χ2n) is 4.63. The summed E-state index contributed by atoms with van der Waals surface area (Å²) in [5.74, 6) is 1.25. The van der Waals surface area contributed by atoms with Crippen molar-refractivity contribution in [1.29, 1.82) is 0 Å².